The number of hydrogen-bond acceptors (Lipinski definition) is 5. The molecule has 0 bridgehead atoms. The van der Waals surface area contributed by atoms with Crippen molar-refractivity contribution in [3.8, 4) is 39.7 Å². The molecule has 1 aromatic heterocycles. The molecule has 3 unspecified atom stereocenters. The molecule has 2 aliphatic carbocycles. The van der Waals surface area contributed by atoms with Crippen LogP contribution in [0.3, 0.4) is 0 Å². The number of nitrogens with zero attached hydrogens (tertiary/aromatic N) is 3. The molecule has 42 heavy (non-hydrogen) atoms. The number of fused-ring (bicyclic) bond motifs is 4. The van der Waals surface area contributed by atoms with Crippen molar-refractivity contribution in [2.45, 2.75) is 31.8 Å². The molecule has 0 saturated carbocycles. The van der Waals surface area contributed by atoms with Gasteiger partial charge in [0.15, 0.2) is 23.2 Å². The van der Waals surface area contributed by atoms with Crippen molar-refractivity contribution < 1.29 is 9.47 Å². The molecule has 5 heteroatoms. The van der Waals surface area contributed by atoms with Crippen molar-refractivity contribution in [2.75, 3.05) is 0 Å². The first kappa shape index (κ1) is 24.7. The van der Waals surface area contributed by atoms with Crippen LogP contribution in [0.2, 0.25) is 0 Å². The summed E-state index contributed by atoms with van der Waals surface area (Å²) >= 11 is 0. The van der Waals surface area contributed by atoms with E-state index in [0.717, 1.165) is 40.2 Å². The Kier molecular flexibility index (Phi) is 5.45. The molecule has 0 fully saturated rings. The van der Waals surface area contributed by atoms with Gasteiger partial charge in [-0.05, 0) is 61.8 Å². The topological polar surface area (TPSA) is 57.1 Å². The SMILES string of the molecule is CC12C=C(c3nc(-c4cccc(-c5ccccc5)c4)nc(-c4ccc5c(c4)OC4(C)C=CC=CC54)n3)OC1=CC=CC2. The average Bonchev–Trinajstić information content (AvgIpc) is 3.54. The summed E-state index contributed by atoms with van der Waals surface area (Å²) in [5.41, 5.74) is 4.60. The standard InChI is InChI=1S/C37H29N3O2/c1-36-19-8-7-16-32(36)41-31(23-36)35-39-33(26-14-10-13-25(21-26)24-11-4-3-5-12-24)38-34(40-35)27-17-18-28-29-15-6-9-20-37(29,2)42-30(28)22-27/h3-18,20-23,29H,19H2,1-2H3. The predicted octanol–water partition coefficient (Wildman–Crippen LogP) is 8.45. The van der Waals surface area contributed by atoms with Gasteiger partial charge in [0.05, 0.1) is 5.41 Å². The molecule has 0 radical (unpaired) electrons. The minimum absolute atomic E-state index is 0.180. The summed E-state index contributed by atoms with van der Waals surface area (Å²) in [7, 11) is 0. The van der Waals surface area contributed by atoms with Gasteiger partial charge in [-0.1, -0.05) is 91.0 Å². The van der Waals surface area contributed by atoms with Crippen LogP contribution in [0.15, 0.2) is 127 Å². The van der Waals surface area contributed by atoms with Crippen molar-refractivity contribution in [3.63, 3.8) is 0 Å². The van der Waals surface area contributed by atoms with E-state index in [-0.39, 0.29) is 16.9 Å². The van der Waals surface area contributed by atoms with Crippen molar-refractivity contribution in [1.29, 1.82) is 0 Å². The second-order valence-electron chi connectivity index (χ2n) is 11.7. The van der Waals surface area contributed by atoms with Gasteiger partial charge in [0.25, 0.3) is 0 Å². The van der Waals surface area contributed by atoms with E-state index in [9.17, 15) is 0 Å². The number of ether oxygens (including phenoxy) is 2. The first-order valence-corrected chi connectivity index (χ1v) is 14.4. The van der Waals surface area contributed by atoms with E-state index in [1.54, 1.807) is 0 Å². The lowest BCUT2D eigenvalue weighted by atomic mass is 9.82. The fourth-order valence-electron chi connectivity index (χ4n) is 6.28. The molecular formula is C37H29N3O2. The maximum Gasteiger partial charge on any atom is 0.199 e. The number of allylic oxidation sites excluding steroid dienone is 6. The monoisotopic (exact) mass is 547 g/mol. The predicted molar refractivity (Wildman–Crippen MR) is 165 cm³/mol. The van der Waals surface area contributed by atoms with Crippen LogP contribution in [-0.4, -0.2) is 20.6 Å². The molecule has 2 aliphatic heterocycles. The maximum absolute atomic E-state index is 6.49. The molecule has 0 saturated heterocycles. The first-order valence-electron chi connectivity index (χ1n) is 14.4. The van der Waals surface area contributed by atoms with Crippen LogP contribution in [-0.2, 0) is 4.74 Å². The Labute approximate surface area is 245 Å². The molecule has 4 aromatic rings. The van der Waals surface area contributed by atoms with E-state index in [4.69, 9.17) is 24.4 Å². The lowest BCUT2D eigenvalue weighted by Gasteiger charge is -2.27. The van der Waals surface area contributed by atoms with Gasteiger partial charge < -0.3 is 9.47 Å². The molecule has 0 spiro atoms. The van der Waals surface area contributed by atoms with Crippen LogP contribution in [0.4, 0.5) is 0 Å². The van der Waals surface area contributed by atoms with Crippen molar-refractivity contribution in [1.82, 2.24) is 15.0 Å². The van der Waals surface area contributed by atoms with E-state index >= 15 is 0 Å². The summed E-state index contributed by atoms with van der Waals surface area (Å²) in [4.78, 5) is 14.9. The lowest BCUT2D eigenvalue weighted by molar-refractivity contribution is 0.155. The van der Waals surface area contributed by atoms with Gasteiger partial charge >= 0.3 is 0 Å². The van der Waals surface area contributed by atoms with Gasteiger partial charge in [0.1, 0.15) is 17.1 Å². The third-order valence-electron chi connectivity index (χ3n) is 8.64. The fourth-order valence-corrected chi connectivity index (χ4v) is 6.28. The number of benzene rings is 3. The van der Waals surface area contributed by atoms with Crippen LogP contribution in [0.5, 0.6) is 5.75 Å². The zero-order chi connectivity index (χ0) is 28.3. The van der Waals surface area contributed by atoms with E-state index in [2.05, 4.69) is 92.8 Å². The Morgan fingerprint density at radius 3 is 2.33 bits per heavy atom. The minimum Gasteiger partial charge on any atom is -0.482 e. The molecule has 0 N–H and O–H groups in total. The van der Waals surface area contributed by atoms with Crippen LogP contribution in [0, 0.1) is 5.41 Å². The Morgan fingerprint density at radius 1 is 0.738 bits per heavy atom. The van der Waals surface area contributed by atoms with Crippen LogP contribution < -0.4 is 4.74 Å². The largest absolute Gasteiger partial charge is 0.482 e. The minimum atomic E-state index is -0.390. The Bertz CT molecular complexity index is 1900. The third kappa shape index (κ3) is 4.04. The normalized spacial score (nSPS) is 24.7. The highest BCUT2D eigenvalue weighted by atomic mass is 16.5. The van der Waals surface area contributed by atoms with Gasteiger partial charge in [0.2, 0.25) is 0 Å². The highest BCUT2D eigenvalue weighted by Crippen LogP contribution is 2.49. The number of rotatable bonds is 4. The Hall–Kier alpha value is -5.03. The molecule has 204 valence electrons. The van der Waals surface area contributed by atoms with Crippen LogP contribution in [0.1, 0.15) is 37.6 Å². The van der Waals surface area contributed by atoms with Crippen LogP contribution >= 0.6 is 0 Å². The summed E-state index contributed by atoms with van der Waals surface area (Å²) in [6.45, 7) is 4.31. The smallest absolute Gasteiger partial charge is 0.199 e. The van der Waals surface area contributed by atoms with Crippen molar-refractivity contribution in [3.05, 3.63) is 139 Å². The summed E-state index contributed by atoms with van der Waals surface area (Å²) in [5, 5.41) is 0. The molecule has 0 amide bonds. The maximum atomic E-state index is 6.49. The number of aromatic nitrogens is 3. The zero-order valence-corrected chi connectivity index (χ0v) is 23.5. The highest BCUT2D eigenvalue weighted by Gasteiger charge is 2.42. The number of hydrogen-bond donors (Lipinski definition) is 0. The summed E-state index contributed by atoms with van der Waals surface area (Å²) in [6.07, 6.45) is 17.7. The summed E-state index contributed by atoms with van der Waals surface area (Å²) < 4.78 is 12.8. The molecule has 4 aliphatic rings. The quantitative estimate of drug-likeness (QED) is 0.257. The fraction of sp³-hybridized carbons (Fsp3) is 0.162. The van der Waals surface area contributed by atoms with E-state index in [0.29, 0.717) is 23.2 Å². The Morgan fingerprint density at radius 2 is 1.50 bits per heavy atom. The van der Waals surface area contributed by atoms with Crippen molar-refractivity contribution in [2.24, 2.45) is 5.41 Å². The average molecular weight is 548 g/mol. The van der Waals surface area contributed by atoms with Gasteiger partial charge in [-0.25, -0.2) is 15.0 Å². The molecule has 3 aromatic carbocycles. The second kappa shape index (κ2) is 9.25. The van der Waals surface area contributed by atoms with Crippen LogP contribution in [0.25, 0.3) is 39.7 Å². The molecule has 3 heterocycles. The molecule has 3 atom stereocenters. The molecule has 5 nitrogen and oxygen atoms in total. The highest BCUT2D eigenvalue weighted by molar-refractivity contribution is 5.73. The van der Waals surface area contributed by atoms with Gasteiger partial charge in [-0.2, -0.15) is 0 Å². The lowest BCUT2D eigenvalue weighted by Crippen LogP contribution is -2.32. The van der Waals surface area contributed by atoms with E-state index in [1.807, 2.05) is 42.5 Å². The Balaban J connectivity index is 1.25. The van der Waals surface area contributed by atoms with Gasteiger partial charge in [0, 0.05) is 22.6 Å². The van der Waals surface area contributed by atoms with E-state index in [1.165, 1.54) is 5.56 Å². The van der Waals surface area contributed by atoms with Gasteiger partial charge in [-0.3, -0.25) is 0 Å². The molecule has 8 rings (SSSR count). The zero-order valence-electron chi connectivity index (χ0n) is 23.5. The molecular weight excluding hydrogens is 518 g/mol. The summed E-state index contributed by atoms with van der Waals surface area (Å²) in [6, 6.07) is 25.0. The third-order valence-corrected chi connectivity index (χ3v) is 8.64. The summed E-state index contributed by atoms with van der Waals surface area (Å²) in [5.74, 6) is 4.30. The van der Waals surface area contributed by atoms with Crippen molar-refractivity contribution >= 4 is 5.76 Å². The first-order chi connectivity index (χ1) is 20.5. The second-order valence-corrected chi connectivity index (χ2v) is 11.7. The van der Waals surface area contributed by atoms with E-state index < -0.39 is 0 Å². The van der Waals surface area contributed by atoms with Gasteiger partial charge in [-0.15, -0.1) is 0 Å².